The fraction of sp³-hybridized carbons (Fsp3) is 1.00. The van der Waals surface area contributed by atoms with Crippen LogP contribution in [0.4, 0.5) is 0 Å². The zero-order valence-corrected chi connectivity index (χ0v) is 24.7. The average Bonchev–Trinajstić information content (AvgIpc) is 3.09. The van der Waals surface area contributed by atoms with Gasteiger partial charge in [-0.25, -0.2) is 4.57 Å². The fourth-order valence-electron chi connectivity index (χ4n) is 12.3. The molecule has 1 heterocycles. The molecule has 5 nitrogen and oxygen atoms in total. The van der Waals surface area contributed by atoms with Crippen molar-refractivity contribution in [3.8, 4) is 0 Å². The number of fused-ring (bicyclic) bond motifs is 5. The van der Waals surface area contributed by atoms with E-state index in [-0.39, 0.29) is 22.3 Å². The van der Waals surface area contributed by atoms with Gasteiger partial charge in [0.15, 0.2) is 0 Å². The van der Waals surface area contributed by atoms with E-state index in [2.05, 4.69) is 48.5 Å². The maximum absolute atomic E-state index is 11.8. The number of rotatable bonds is 2. The van der Waals surface area contributed by atoms with Crippen molar-refractivity contribution < 1.29 is 23.6 Å². The van der Waals surface area contributed by atoms with Crippen LogP contribution in [0.1, 0.15) is 113 Å². The summed E-state index contributed by atoms with van der Waals surface area (Å²) in [5.74, 6) is 2.55. The van der Waals surface area contributed by atoms with Crippen molar-refractivity contribution >= 4 is 7.82 Å². The highest BCUT2D eigenvalue weighted by Crippen LogP contribution is 2.78. The minimum absolute atomic E-state index is 0.190. The van der Waals surface area contributed by atoms with E-state index in [1.54, 1.807) is 0 Å². The first-order valence-electron chi connectivity index (χ1n) is 14.9. The van der Waals surface area contributed by atoms with Crippen LogP contribution in [0.3, 0.4) is 0 Å². The van der Waals surface area contributed by atoms with Gasteiger partial charge in [0.1, 0.15) is 0 Å². The molecule has 2 N–H and O–H groups in total. The third-order valence-electron chi connectivity index (χ3n) is 14.3. The zero-order chi connectivity index (χ0) is 26.2. The van der Waals surface area contributed by atoms with Crippen LogP contribution < -0.4 is 0 Å². The minimum Gasteiger partial charge on any atom is -0.377 e. The van der Waals surface area contributed by atoms with Gasteiger partial charge in [-0.1, -0.05) is 48.5 Å². The van der Waals surface area contributed by atoms with Crippen molar-refractivity contribution in [1.29, 1.82) is 0 Å². The maximum Gasteiger partial charge on any atom is 0.469 e. The Bertz CT molecular complexity index is 972. The second-order valence-corrected chi connectivity index (χ2v) is 17.4. The van der Waals surface area contributed by atoms with Crippen molar-refractivity contribution in [1.82, 2.24) is 0 Å². The molecule has 0 spiro atoms. The van der Waals surface area contributed by atoms with Crippen LogP contribution in [-0.4, -0.2) is 28.6 Å². The second kappa shape index (κ2) is 7.62. The first kappa shape index (κ1) is 26.3. The molecule has 5 aliphatic carbocycles. The predicted molar refractivity (Wildman–Crippen MR) is 141 cm³/mol. The molecule has 10 atom stereocenters. The molecule has 1 saturated heterocycles. The molecular weight excluding hydrogens is 471 g/mol. The van der Waals surface area contributed by atoms with E-state index in [1.165, 1.54) is 44.9 Å². The molecule has 6 fully saturated rings. The van der Waals surface area contributed by atoms with Crippen LogP contribution in [-0.2, 0) is 13.8 Å². The zero-order valence-electron chi connectivity index (χ0n) is 23.8. The van der Waals surface area contributed by atoms with Gasteiger partial charge in [-0.05, 0) is 120 Å². The van der Waals surface area contributed by atoms with Crippen molar-refractivity contribution in [3.05, 3.63) is 0 Å². The third kappa shape index (κ3) is 3.25. The van der Waals surface area contributed by atoms with Gasteiger partial charge in [0.25, 0.3) is 0 Å². The average molecular weight is 523 g/mol. The van der Waals surface area contributed by atoms with Crippen LogP contribution in [0.25, 0.3) is 0 Å². The minimum atomic E-state index is -4.50. The molecule has 5 saturated carbocycles. The van der Waals surface area contributed by atoms with Crippen LogP contribution >= 0.6 is 7.82 Å². The van der Waals surface area contributed by atoms with E-state index >= 15 is 0 Å². The molecule has 0 amide bonds. The summed E-state index contributed by atoms with van der Waals surface area (Å²) in [5, 5.41) is 0. The monoisotopic (exact) mass is 522 g/mol. The molecule has 2 bridgehead atoms. The molecule has 0 radical (unpaired) electrons. The molecule has 0 aromatic heterocycles. The lowest BCUT2D eigenvalue weighted by Gasteiger charge is -2.73. The van der Waals surface area contributed by atoms with Crippen LogP contribution in [0.15, 0.2) is 0 Å². The molecule has 0 aromatic rings. The van der Waals surface area contributed by atoms with Gasteiger partial charge in [-0.3, -0.25) is 4.52 Å². The summed E-state index contributed by atoms with van der Waals surface area (Å²) in [6.07, 6.45) is 12.1. The van der Waals surface area contributed by atoms with Crippen molar-refractivity contribution in [2.24, 2.45) is 56.2 Å². The third-order valence-corrected chi connectivity index (χ3v) is 14.9. The van der Waals surface area contributed by atoms with Crippen molar-refractivity contribution in [3.63, 3.8) is 0 Å². The van der Waals surface area contributed by atoms with Gasteiger partial charge in [-0.2, -0.15) is 0 Å². The number of phosphoric ester groups is 1. The van der Waals surface area contributed by atoms with Gasteiger partial charge >= 0.3 is 7.82 Å². The van der Waals surface area contributed by atoms with E-state index < -0.39 is 7.82 Å². The molecular formula is C30H51O5P. The van der Waals surface area contributed by atoms with Crippen LogP contribution in [0.5, 0.6) is 0 Å². The van der Waals surface area contributed by atoms with E-state index in [1.807, 2.05) is 0 Å². The molecule has 36 heavy (non-hydrogen) atoms. The van der Waals surface area contributed by atoms with Gasteiger partial charge in [0.05, 0.1) is 18.8 Å². The van der Waals surface area contributed by atoms with Gasteiger partial charge in [-0.15, -0.1) is 0 Å². The Hall–Kier alpha value is 0.0700. The maximum atomic E-state index is 11.8. The largest absolute Gasteiger partial charge is 0.469 e. The highest BCUT2D eigenvalue weighted by atomic mass is 31.2. The molecule has 0 aromatic carbocycles. The smallest absolute Gasteiger partial charge is 0.377 e. The van der Waals surface area contributed by atoms with E-state index in [0.717, 1.165) is 31.8 Å². The summed E-state index contributed by atoms with van der Waals surface area (Å²) in [5.41, 5.74) is 1.29. The highest BCUT2D eigenvalue weighted by Gasteiger charge is 2.72. The Morgan fingerprint density at radius 3 is 2.17 bits per heavy atom. The summed E-state index contributed by atoms with van der Waals surface area (Å²) in [7, 11) is -4.50. The first-order chi connectivity index (χ1) is 16.5. The standard InChI is InChI=1S/C30H51O5P/c1-25(2)14-16-30-17-15-28(6)19(23(30)24(25)34-18-30)8-9-21-27(5)12-11-22(35-36(31,32)33)26(3,4)20(27)10-13-29(21,28)7/h19-24H,8-18H2,1-7H3,(H2,31,32,33)/t19?,20?,21?,22-,23?,24?,27?,28-,29?,30?/m0/s1. The molecule has 206 valence electrons. The van der Waals surface area contributed by atoms with E-state index in [9.17, 15) is 14.4 Å². The molecule has 1 aliphatic heterocycles. The normalized spacial score (nSPS) is 55.1. The Balaban J connectivity index is 1.34. The lowest BCUT2D eigenvalue weighted by molar-refractivity contribution is -0.251. The summed E-state index contributed by atoms with van der Waals surface area (Å²) in [6, 6.07) is 0. The lowest BCUT2D eigenvalue weighted by Crippen LogP contribution is -2.67. The first-order valence-corrected chi connectivity index (χ1v) is 16.4. The second-order valence-electron chi connectivity index (χ2n) is 16.2. The molecule has 6 aliphatic rings. The van der Waals surface area contributed by atoms with Gasteiger partial charge in [0, 0.05) is 0 Å². The summed E-state index contributed by atoms with van der Waals surface area (Å²) in [4.78, 5) is 19.2. The van der Waals surface area contributed by atoms with Crippen LogP contribution in [0.2, 0.25) is 0 Å². The molecule has 6 heteroatoms. The van der Waals surface area contributed by atoms with E-state index in [0.29, 0.717) is 40.1 Å². The van der Waals surface area contributed by atoms with Crippen molar-refractivity contribution in [2.75, 3.05) is 6.61 Å². The Labute approximate surface area is 219 Å². The predicted octanol–water partition coefficient (Wildman–Crippen LogP) is 7.35. The quantitative estimate of drug-likeness (QED) is 0.371. The summed E-state index contributed by atoms with van der Waals surface area (Å²) < 4.78 is 23.9. The van der Waals surface area contributed by atoms with Crippen LogP contribution in [0, 0.1) is 56.2 Å². The topological polar surface area (TPSA) is 76.0 Å². The molecule has 6 rings (SSSR count). The highest BCUT2D eigenvalue weighted by molar-refractivity contribution is 7.46. The number of phosphoric acid groups is 1. The van der Waals surface area contributed by atoms with Crippen molar-refractivity contribution in [2.45, 2.75) is 125 Å². The van der Waals surface area contributed by atoms with Gasteiger partial charge in [0.2, 0.25) is 0 Å². The fourth-order valence-corrected chi connectivity index (χ4v) is 13.0. The van der Waals surface area contributed by atoms with Gasteiger partial charge < -0.3 is 14.5 Å². The SMILES string of the molecule is CC1(C)CCC23CC[C@@]4(C)C(CCC5C6(C)CC[C@H](OP(=O)(O)O)C(C)(C)C6CCC54C)C2C1OC3. The number of ether oxygens (including phenoxy) is 1. The number of hydrogen-bond donors (Lipinski definition) is 2. The Morgan fingerprint density at radius 1 is 0.778 bits per heavy atom. The van der Waals surface area contributed by atoms with E-state index in [4.69, 9.17) is 9.26 Å². The molecule has 8 unspecified atom stereocenters. The Kier molecular flexibility index (Phi) is 5.57. The summed E-state index contributed by atoms with van der Waals surface area (Å²) >= 11 is 0. The lowest BCUT2D eigenvalue weighted by atomic mass is 9.31. The number of hydrogen-bond acceptors (Lipinski definition) is 3. The summed E-state index contributed by atoms with van der Waals surface area (Å²) in [6.45, 7) is 18.2. The Morgan fingerprint density at radius 2 is 1.47 bits per heavy atom.